The van der Waals surface area contributed by atoms with Crippen LogP contribution in [0.3, 0.4) is 0 Å². The van der Waals surface area contributed by atoms with Gasteiger partial charge >= 0.3 is 0 Å². The van der Waals surface area contributed by atoms with E-state index >= 15 is 0 Å². The van der Waals surface area contributed by atoms with Crippen molar-refractivity contribution in [1.29, 1.82) is 0 Å². The summed E-state index contributed by atoms with van der Waals surface area (Å²) in [6.07, 6.45) is 0.973. The average molecular weight is 323 g/mol. The van der Waals surface area contributed by atoms with Gasteiger partial charge in [0, 0.05) is 5.69 Å². The molecule has 0 aliphatic rings. The van der Waals surface area contributed by atoms with Gasteiger partial charge in [0.1, 0.15) is 10.8 Å². The number of carbonyl (C=O) groups excluding carboxylic acids is 1. The summed E-state index contributed by atoms with van der Waals surface area (Å²) in [7, 11) is 0. The third kappa shape index (κ3) is 5.35. The highest BCUT2D eigenvalue weighted by molar-refractivity contribution is 8.01. The molecule has 2 rings (SSSR count). The summed E-state index contributed by atoms with van der Waals surface area (Å²) in [5, 5.41) is 11.6. The number of carbonyl (C=O) groups is 1. The van der Waals surface area contributed by atoms with Crippen LogP contribution >= 0.6 is 23.1 Å². The number of thioether (sulfide) groups is 1. The zero-order chi connectivity index (χ0) is 15.1. The number of hydrogen-bond acceptors (Lipinski definition) is 6. The maximum absolute atomic E-state index is 11.8. The van der Waals surface area contributed by atoms with Crippen LogP contribution in [0.2, 0.25) is 0 Å². The molecule has 1 heterocycles. The van der Waals surface area contributed by atoms with E-state index < -0.39 is 0 Å². The Hall–Kier alpha value is -1.60. The molecule has 1 N–H and O–H groups in total. The van der Waals surface area contributed by atoms with Gasteiger partial charge in [-0.05, 0) is 37.6 Å². The maximum Gasteiger partial charge on any atom is 0.234 e. The summed E-state index contributed by atoms with van der Waals surface area (Å²) in [5.41, 5.74) is 0.762. The van der Waals surface area contributed by atoms with Crippen LogP contribution < -0.4 is 10.1 Å². The topological polar surface area (TPSA) is 64.1 Å². The summed E-state index contributed by atoms with van der Waals surface area (Å²) >= 11 is 2.88. The van der Waals surface area contributed by atoms with Gasteiger partial charge in [-0.1, -0.05) is 30.0 Å². The fraction of sp³-hybridized carbons (Fsp3) is 0.357. The first kappa shape index (κ1) is 15.8. The smallest absolute Gasteiger partial charge is 0.234 e. The van der Waals surface area contributed by atoms with Crippen LogP contribution in [-0.4, -0.2) is 28.5 Å². The molecule has 1 aromatic carbocycles. The average Bonchev–Trinajstić information content (AvgIpc) is 2.90. The van der Waals surface area contributed by atoms with Crippen LogP contribution in [0.25, 0.3) is 0 Å². The van der Waals surface area contributed by atoms with E-state index in [1.165, 1.54) is 23.1 Å². The molecule has 0 unspecified atom stereocenters. The van der Waals surface area contributed by atoms with E-state index in [1.54, 1.807) is 0 Å². The molecule has 21 heavy (non-hydrogen) atoms. The SMILES string of the molecule is CCCOc1ccc(NC(=O)CSc2nnc(C)s2)cc1. The molecule has 7 heteroatoms. The van der Waals surface area contributed by atoms with Gasteiger partial charge in [0.2, 0.25) is 5.91 Å². The van der Waals surface area contributed by atoms with Gasteiger partial charge in [-0.2, -0.15) is 0 Å². The summed E-state index contributed by atoms with van der Waals surface area (Å²) < 4.78 is 6.30. The lowest BCUT2D eigenvalue weighted by atomic mass is 10.3. The highest BCUT2D eigenvalue weighted by atomic mass is 32.2. The number of nitrogens with zero attached hydrogens (tertiary/aromatic N) is 2. The van der Waals surface area contributed by atoms with Crippen molar-refractivity contribution in [2.24, 2.45) is 0 Å². The Morgan fingerprint density at radius 1 is 1.33 bits per heavy atom. The Morgan fingerprint density at radius 3 is 2.71 bits per heavy atom. The van der Waals surface area contributed by atoms with Crippen LogP contribution in [0.15, 0.2) is 28.6 Å². The lowest BCUT2D eigenvalue weighted by Gasteiger charge is -2.07. The summed E-state index contributed by atoms with van der Waals surface area (Å²) in [6, 6.07) is 7.38. The van der Waals surface area contributed by atoms with E-state index in [4.69, 9.17) is 4.74 Å². The zero-order valence-corrected chi connectivity index (χ0v) is 13.6. The molecule has 1 aromatic heterocycles. The fourth-order valence-electron chi connectivity index (χ4n) is 1.52. The molecule has 0 bridgehead atoms. The molecule has 0 spiro atoms. The number of rotatable bonds is 7. The van der Waals surface area contributed by atoms with E-state index in [2.05, 4.69) is 22.4 Å². The fourth-order valence-corrected chi connectivity index (χ4v) is 3.13. The molecule has 0 aliphatic carbocycles. The van der Waals surface area contributed by atoms with Crippen LogP contribution in [-0.2, 0) is 4.79 Å². The van der Waals surface area contributed by atoms with Crippen LogP contribution in [0.4, 0.5) is 5.69 Å². The predicted molar refractivity (Wildman–Crippen MR) is 86.2 cm³/mol. The van der Waals surface area contributed by atoms with Crippen molar-refractivity contribution in [3.63, 3.8) is 0 Å². The van der Waals surface area contributed by atoms with Gasteiger partial charge in [0.15, 0.2) is 4.34 Å². The van der Waals surface area contributed by atoms with Gasteiger partial charge in [-0.15, -0.1) is 10.2 Å². The molecule has 112 valence electrons. The van der Waals surface area contributed by atoms with Crippen LogP contribution in [0.1, 0.15) is 18.4 Å². The Kier molecular flexibility index (Phi) is 6.01. The minimum atomic E-state index is -0.0601. The molecule has 0 fully saturated rings. The van der Waals surface area contributed by atoms with E-state index in [-0.39, 0.29) is 5.91 Å². The number of aromatic nitrogens is 2. The molecule has 0 saturated heterocycles. The number of hydrogen-bond donors (Lipinski definition) is 1. The minimum Gasteiger partial charge on any atom is -0.494 e. The highest BCUT2D eigenvalue weighted by Crippen LogP contribution is 2.22. The van der Waals surface area contributed by atoms with Gasteiger partial charge in [0.25, 0.3) is 0 Å². The van der Waals surface area contributed by atoms with Crippen molar-refractivity contribution in [1.82, 2.24) is 10.2 Å². The first-order valence-corrected chi connectivity index (χ1v) is 8.43. The molecule has 0 aliphatic heterocycles. The van der Waals surface area contributed by atoms with Crippen molar-refractivity contribution in [2.75, 3.05) is 17.7 Å². The highest BCUT2D eigenvalue weighted by Gasteiger charge is 2.07. The van der Waals surface area contributed by atoms with Crippen molar-refractivity contribution in [3.8, 4) is 5.75 Å². The quantitative estimate of drug-likeness (QED) is 0.792. The molecular formula is C14H17N3O2S2. The molecule has 1 amide bonds. The number of anilines is 1. The van der Waals surface area contributed by atoms with Gasteiger partial charge in [-0.3, -0.25) is 4.79 Å². The molecule has 0 atom stereocenters. The minimum absolute atomic E-state index is 0.0601. The molecule has 2 aromatic rings. The molecule has 0 radical (unpaired) electrons. The maximum atomic E-state index is 11.8. The monoisotopic (exact) mass is 323 g/mol. The number of aryl methyl sites for hydroxylation is 1. The Bertz CT molecular complexity index is 584. The number of amides is 1. The van der Waals surface area contributed by atoms with Gasteiger partial charge in [0.05, 0.1) is 12.4 Å². The largest absolute Gasteiger partial charge is 0.494 e. The summed E-state index contributed by atoms with van der Waals surface area (Å²) in [6.45, 7) is 4.65. The third-order valence-corrected chi connectivity index (χ3v) is 4.42. The van der Waals surface area contributed by atoms with Crippen LogP contribution in [0.5, 0.6) is 5.75 Å². The second-order valence-corrected chi connectivity index (χ2v) is 6.70. The first-order valence-electron chi connectivity index (χ1n) is 6.63. The van der Waals surface area contributed by atoms with E-state index in [0.29, 0.717) is 12.4 Å². The van der Waals surface area contributed by atoms with Gasteiger partial charge < -0.3 is 10.1 Å². The Labute approximate surface area is 132 Å². The lowest BCUT2D eigenvalue weighted by Crippen LogP contribution is -2.13. The molecule has 5 nitrogen and oxygen atoms in total. The third-order valence-electron chi connectivity index (χ3n) is 2.45. The second-order valence-electron chi connectivity index (χ2n) is 4.30. The van der Waals surface area contributed by atoms with Crippen molar-refractivity contribution in [3.05, 3.63) is 29.3 Å². The van der Waals surface area contributed by atoms with Gasteiger partial charge in [-0.25, -0.2) is 0 Å². The van der Waals surface area contributed by atoms with Crippen molar-refractivity contribution >= 4 is 34.7 Å². The number of nitrogens with one attached hydrogen (secondary N) is 1. The van der Waals surface area contributed by atoms with E-state index in [0.717, 1.165) is 27.2 Å². The summed E-state index contributed by atoms with van der Waals surface area (Å²) in [4.78, 5) is 11.8. The standard InChI is InChI=1S/C14H17N3O2S2/c1-3-8-19-12-6-4-11(5-7-12)15-13(18)9-20-14-17-16-10(2)21-14/h4-7H,3,8-9H2,1-2H3,(H,15,18). The Morgan fingerprint density at radius 2 is 2.10 bits per heavy atom. The van der Waals surface area contributed by atoms with Crippen molar-refractivity contribution < 1.29 is 9.53 Å². The normalized spacial score (nSPS) is 10.4. The molecular weight excluding hydrogens is 306 g/mol. The van der Waals surface area contributed by atoms with Crippen LogP contribution in [0, 0.1) is 6.92 Å². The lowest BCUT2D eigenvalue weighted by molar-refractivity contribution is -0.113. The first-order chi connectivity index (χ1) is 10.2. The predicted octanol–water partition coefficient (Wildman–Crippen LogP) is 3.37. The van der Waals surface area contributed by atoms with E-state index in [1.807, 2.05) is 31.2 Å². The van der Waals surface area contributed by atoms with Crippen molar-refractivity contribution in [2.45, 2.75) is 24.6 Å². The number of ether oxygens (including phenoxy) is 1. The zero-order valence-electron chi connectivity index (χ0n) is 12.0. The number of benzene rings is 1. The second kappa shape index (κ2) is 7.99. The summed E-state index contributed by atoms with van der Waals surface area (Å²) in [5.74, 6) is 1.08. The van der Waals surface area contributed by atoms with E-state index in [9.17, 15) is 4.79 Å². The Balaban J connectivity index is 1.79. The molecule has 0 saturated carbocycles.